The van der Waals surface area contributed by atoms with E-state index in [0.717, 1.165) is 0 Å². The maximum absolute atomic E-state index is 11.1. The van der Waals surface area contributed by atoms with Crippen LogP contribution in [0.5, 0.6) is 0 Å². The fraction of sp³-hybridized carbons (Fsp3) is 0.250. The summed E-state index contributed by atoms with van der Waals surface area (Å²) < 4.78 is 79.1. The van der Waals surface area contributed by atoms with E-state index >= 15 is 0 Å². The van der Waals surface area contributed by atoms with Gasteiger partial charge in [0.15, 0.2) is 0 Å². The summed E-state index contributed by atoms with van der Waals surface area (Å²) in [5.41, 5.74) is 0. The monoisotopic (exact) mass is 348 g/mol. The molecule has 20 heavy (non-hydrogen) atoms. The van der Waals surface area contributed by atoms with Crippen molar-refractivity contribution in [1.82, 2.24) is 0 Å². The lowest BCUT2D eigenvalue weighted by atomic mass is 10.7. The smallest absolute Gasteiger partial charge is 0.261 e. The Kier molecular flexibility index (Phi) is 6.73. The molecule has 12 heteroatoms. The Balaban J connectivity index is 5.13. The maximum atomic E-state index is 11.1. The summed E-state index contributed by atoms with van der Waals surface area (Å²) in [4.78, 5) is 0. The van der Waals surface area contributed by atoms with E-state index in [1.54, 1.807) is 0 Å². The van der Waals surface area contributed by atoms with Crippen molar-refractivity contribution in [2.24, 2.45) is 0 Å². The largest absolute Gasteiger partial charge is 0.292 e. The second kappa shape index (κ2) is 7.10. The van der Waals surface area contributed by atoms with Crippen LogP contribution in [0.3, 0.4) is 0 Å². The average Bonchev–Trinajstić information content (AvgIpc) is 2.35. The molecule has 0 rings (SSSR count). The van der Waals surface area contributed by atoms with E-state index in [1.807, 2.05) is 0 Å². The van der Waals surface area contributed by atoms with E-state index in [0.29, 0.717) is 16.2 Å². The van der Waals surface area contributed by atoms with Crippen LogP contribution in [-0.2, 0) is 42.9 Å². The van der Waals surface area contributed by atoms with Gasteiger partial charge in [0.05, 0.1) is 16.2 Å². The average molecular weight is 348 g/mol. The van der Waals surface area contributed by atoms with Gasteiger partial charge in [-0.25, -0.2) is 8.37 Å². The van der Waals surface area contributed by atoms with Crippen LogP contribution in [0.1, 0.15) is 0 Å². The summed E-state index contributed by atoms with van der Waals surface area (Å²) in [6.07, 6.45) is -2.07. The minimum absolute atomic E-state index is 0.367. The highest BCUT2D eigenvalue weighted by molar-refractivity contribution is 7.90. The zero-order valence-corrected chi connectivity index (χ0v) is 12.5. The van der Waals surface area contributed by atoms with Crippen molar-refractivity contribution in [2.75, 3.05) is 6.61 Å². The fourth-order valence-corrected chi connectivity index (χ4v) is 2.04. The van der Waals surface area contributed by atoms with Gasteiger partial charge in [-0.05, 0) is 0 Å². The lowest BCUT2D eigenvalue weighted by molar-refractivity contribution is -0.0138. The minimum Gasteiger partial charge on any atom is -0.261 e. The van der Waals surface area contributed by atoms with E-state index in [4.69, 9.17) is 0 Å². The molecule has 0 N–H and O–H groups in total. The lowest BCUT2D eigenvalue weighted by Gasteiger charge is -2.14. The third-order valence-electron chi connectivity index (χ3n) is 1.46. The van der Waals surface area contributed by atoms with Crippen LogP contribution in [-0.4, -0.2) is 38.2 Å². The van der Waals surface area contributed by atoms with Gasteiger partial charge in [-0.3, -0.25) is 4.18 Å². The van der Waals surface area contributed by atoms with Crippen molar-refractivity contribution in [3.8, 4) is 0 Å². The Morgan fingerprint density at radius 3 is 1.40 bits per heavy atom. The Hall–Kier alpha value is -1.05. The fourth-order valence-electron chi connectivity index (χ4n) is 0.648. The molecule has 0 aromatic heterocycles. The third-order valence-corrected chi connectivity index (χ3v) is 4.12. The van der Waals surface area contributed by atoms with Crippen LogP contribution in [0.25, 0.3) is 0 Å². The van der Waals surface area contributed by atoms with Crippen LogP contribution < -0.4 is 0 Å². The first-order valence-electron chi connectivity index (χ1n) is 4.60. The SMILES string of the molecule is C=CS(=O)(=O)OCC(OS(=O)(=O)C=C)OS(=O)(=O)C=C. The summed E-state index contributed by atoms with van der Waals surface area (Å²) in [6, 6.07) is 0. The molecule has 0 unspecified atom stereocenters. The molecular weight excluding hydrogens is 336 g/mol. The molecule has 0 aliphatic carbocycles. The molecule has 0 fully saturated rings. The molecule has 0 saturated carbocycles. The quantitative estimate of drug-likeness (QED) is 0.388. The van der Waals surface area contributed by atoms with E-state index < -0.39 is 43.3 Å². The van der Waals surface area contributed by atoms with Crippen molar-refractivity contribution in [3.05, 3.63) is 36.0 Å². The van der Waals surface area contributed by atoms with Gasteiger partial charge in [0.25, 0.3) is 30.4 Å². The van der Waals surface area contributed by atoms with E-state index in [-0.39, 0.29) is 0 Å². The van der Waals surface area contributed by atoms with E-state index in [1.165, 1.54) is 0 Å². The molecule has 0 spiro atoms. The van der Waals surface area contributed by atoms with E-state index in [9.17, 15) is 25.3 Å². The lowest BCUT2D eigenvalue weighted by Crippen LogP contribution is -2.29. The van der Waals surface area contributed by atoms with Crippen LogP contribution in [0.4, 0.5) is 0 Å². The predicted molar refractivity (Wildman–Crippen MR) is 69.3 cm³/mol. The van der Waals surface area contributed by atoms with Crippen LogP contribution in [0.2, 0.25) is 0 Å². The van der Waals surface area contributed by atoms with Crippen molar-refractivity contribution in [1.29, 1.82) is 0 Å². The number of hydrogen-bond donors (Lipinski definition) is 0. The summed E-state index contributed by atoms with van der Waals surface area (Å²) in [6.45, 7) is 7.71. The van der Waals surface area contributed by atoms with Crippen LogP contribution in [0, 0.1) is 0 Å². The molecule has 116 valence electrons. The van der Waals surface area contributed by atoms with Gasteiger partial charge in [-0.15, -0.1) is 0 Å². The zero-order chi connectivity index (χ0) is 16.0. The van der Waals surface area contributed by atoms with Crippen molar-refractivity contribution >= 4 is 30.4 Å². The highest BCUT2D eigenvalue weighted by Crippen LogP contribution is 2.10. The third kappa shape index (κ3) is 7.52. The maximum Gasteiger partial charge on any atom is 0.292 e. The first kappa shape index (κ1) is 18.9. The summed E-state index contributed by atoms with van der Waals surface area (Å²) >= 11 is 0. The second-order valence-electron chi connectivity index (χ2n) is 2.88. The zero-order valence-electron chi connectivity index (χ0n) is 10.0. The van der Waals surface area contributed by atoms with Crippen molar-refractivity contribution in [3.63, 3.8) is 0 Å². The molecule has 0 aromatic carbocycles. The van der Waals surface area contributed by atoms with Gasteiger partial charge >= 0.3 is 0 Å². The molecule has 0 heterocycles. The van der Waals surface area contributed by atoms with Crippen LogP contribution >= 0.6 is 0 Å². The first-order chi connectivity index (χ1) is 8.97. The molecule has 0 amide bonds. The molecule has 9 nitrogen and oxygen atoms in total. The molecule has 0 aliphatic heterocycles. The highest BCUT2D eigenvalue weighted by atomic mass is 32.2. The van der Waals surface area contributed by atoms with E-state index in [2.05, 4.69) is 32.3 Å². The minimum atomic E-state index is -4.33. The molecule has 0 bridgehead atoms. The standard InChI is InChI=1S/C8H12O9S3/c1-4-18(9,10)15-7-8(16-19(11,12)5-2)17-20(13,14)6-3/h4-6,8H,1-3,7H2. The summed E-state index contributed by atoms with van der Waals surface area (Å²) in [5, 5.41) is 1.16. The first-order valence-corrected chi connectivity index (χ1v) is 9.01. The summed E-state index contributed by atoms with van der Waals surface area (Å²) in [5.74, 6) is 0. The molecule has 0 saturated heterocycles. The molecule has 0 aromatic rings. The molecule has 0 aliphatic rings. The van der Waals surface area contributed by atoms with Crippen molar-refractivity contribution in [2.45, 2.75) is 6.29 Å². The second-order valence-corrected chi connectivity index (χ2v) is 7.46. The van der Waals surface area contributed by atoms with Gasteiger partial charge < -0.3 is 0 Å². The van der Waals surface area contributed by atoms with Gasteiger partial charge in [0, 0.05) is 0 Å². The molecule has 0 radical (unpaired) electrons. The van der Waals surface area contributed by atoms with Crippen molar-refractivity contribution < 1.29 is 37.8 Å². The highest BCUT2D eigenvalue weighted by Gasteiger charge is 2.25. The normalized spacial score (nSPS) is 13.1. The molecular formula is C8H12O9S3. The van der Waals surface area contributed by atoms with Gasteiger partial charge in [0.1, 0.15) is 6.61 Å². The summed E-state index contributed by atoms with van der Waals surface area (Å²) in [7, 11) is -12.8. The van der Waals surface area contributed by atoms with Gasteiger partial charge in [0.2, 0.25) is 6.29 Å². The topological polar surface area (TPSA) is 130 Å². The predicted octanol–water partition coefficient (Wildman–Crippen LogP) is -0.218. The number of rotatable bonds is 10. The van der Waals surface area contributed by atoms with Crippen LogP contribution in [0.15, 0.2) is 36.0 Å². The Morgan fingerprint density at radius 1 is 0.750 bits per heavy atom. The number of hydrogen-bond acceptors (Lipinski definition) is 9. The Labute approximate surface area is 117 Å². The van der Waals surface area contributed by atoms with Gasteiger partial charge in [-0.2, -0.15) is 25.3 Å². The Morgan fingerprint density at radius 2 is 1.10 bits per heavy atom. The van der Waals surface area contributed by atoms with Gasteiger partial charge in [-0.1, -0.05) is 19.7 Å². The Bertz CT molecular complexity index is 629. The molecule has 0 atom stereocenters.